The van der Waals surface area contributed by atoms with Crippen molar-refractivity contribution >= 4 is 5.97 Å². The van der Waals surface area contributed by atoms with Crippen LogP contribution in [0, 0.1) is 6.92 Å². The number of aryl methyl sites for hydroxylation is 1. The van der Waals surface area contributed by atoms with E-state index in [4.69, 9.17) is 0 Å². The molecular weight excluding hydrogens is 202 g/mol. The van der Waals surface area contributed by atoms with Crippen molar-refractivity contribution in [2.75, 3.05) is 0 Å². The zero-order valence-corrected chi connectivity index (χ0v) is 9.57. The Balaban J connectivity index is 2.38. The molecule has 0 unspecified atom stereocenters. The average molecular weight is 219 g/mol. The van der Waals surface area contributed by atoms with Crippen molar-refractivity contribution < 1.29 is 9.90 Å². The van der Waals surface area contributed by atoms with E-state index in [-0.39, 0.29) is 0 Å². The van der Waals surface area contributed by atoms with E-state index >= 15 is 0 Å². The summed E-state index contributed by atoms with van der Waals surface area (Å²) in [5.41, 5.74) is 1.12. The van der Waals surface area contributed by atoms with Crippen LogP contribution in [-0.4, -0.2) is 16.1 Å². The van der Waals surface area contributed by atoms with E-state index < -0.39 is 11.4 Å². The Bertz CT molecular complexity index is 377. The molecule has 3 heteroatoms. The zero-order chi connectivity index (χ0) is 11.6. The Morgan fingerprint density at radius 2 is 2.00 bits per heavy atom. The minimum absolute atomic E-state index is 0.682. The molecule has 0 amide bonds. The number of pyridine rings is 1. The van der Waals surface area contributed by atoms with E-state index in [0.717, 1.165) is 43.4 Å². The molecule has 1 heterocycles. The summed E-state index contributed by atoms with van der Waals surface area (Å²) in [5, 5.41) is 9.48. The van der Waals surface area contributed by atoms with Crippen LogP contribution in [0.5, 0.6) is 0 Å². The summed E-state index contributed by atoms with van der Waals surface area (Å²) in [5.74, 6) is -0.696. The molecule has 1 fully saturated rings. The van der Waals surface area contributed by atoms with Gasteiger partial charge in [0.05, 0.1) is 5.41 Å². The molecule has 1 N–H and O–H groups in total. The molecule has 0 saturated heterocycles. The first kappa shape index (κ1) is 11.1. The van der Waals surface area contributed by atoms with Crippen LogP contribution in [0.2, 0.25) is 0 Å². The lowest BCUT2D eigenvalue weighted by molar-refractivity contribution is -0.145. The summed E-state index contributed by atoms with van der Waals surface area (Å²) >= 11 is 0. The lowest BCUT2D eigenvalue weighted by Gasteiger charge is -2.33. The predicted molar refractivity (Wildman–Crippen MR) is 61.4 cm³/mol. The third-order valence-electron chi connectivity index (χ3n) is 3.58. The number of nitrogens with zero attached hydrogens (tertiary/aromatic N) is 1. The minimum Gasteiger partial charge on any atom is -0.481 e. The Kier molecular flexibility index (Phi) is 2.95. The monoisotopic (exact) mass is 219 g/mol. The second-order valence-corrected chi connectivity index (χ2v) is 4.64. The third kappa shape index (κ3) is 1.82. The first-order chi connectivity index (χ1) is 7.65. The molecule has 1 aliphatic carbocycles. The normalized spacial score (nSPS) is 19.3. The smallest absolute Gasteiger partial charge is 0.314 e. The van der Waals surface area contributed by atoms with Gasteiger partial charge in [-0.1, -0.05) is 25.3 Å². The first-order valence-corrected chi connectivity index (χ1v) is 5.82. The van der Waals surface area contributed by atoms with E-state index in [1.165, 1.54) is 0 Å². The second kappa shape index (κ2) is 4.24. The second-order valence-electron chi connectivity index (χ2n) is 4.64. The third-order valence-corrected chi connectivity index (χ3v) is 3.58. The Hall–Kier alpha value is -1.38. The van der Waals surface area contributed by atoms with Crippen LogP contribution in [-0.2, 0) is 10.2 Å². The highest BCUT2D eigenvalue weighted by molar-refractivity contribution is 5.81. The number of aliphatic carboxylic acids is 1. The number of hydrogen-bond acceptors (Lipinski definition) is 2. The van der Waals surface area contributed by atoms with Gasteiger partial charge in [0.2, 0.25) is 0 Å². The molecule has 0 aromatic carbocycles. The predicted octanol–water partition coefficient (Wildman–Crippen LogP) is 2.68. The Morgan fingerprint density at radius 3 is 2.50 bits per heavy atom. The highest BCUT2D eigenvalue weighted by atomic mass is 16.4. The van der Waals surface area contributed by atoms with Gasteiger partial charge in [0, 0.05) is 11.9 Å². The van der Waals surface area contributed by atoms with Gasteiger partial charge in [0.25, 0.3) is 0 Å². The van der Waals surface area contributed by atoms with Crippen LogP contribution in [0.1, 0.15) is 43.4 Å². The highest BCUT2D eigenvalue weighted by Crippen LogP contribution is 2.39. The summed E-state index contributed by atoms with van der Waals surface area (Å²) in [6.07, 6.45) is 6.36. The number of carboxylic acids is 1. The van der Waals surface area contributed by atoms with Gasteiger partial charge in [-0.2, -0.15) is 0 Å². The fourth-order valence-electron chi connectivity index (χ4n) is 2.53. The molecule has 3 nitrogen and oxygen atoms in total. The zero-order valence-electron chi connectivity index (χ0n) is 9.57. The molecule has 0 radical (unpaired) electrons. The molecule has 86 valence electrons. The molecule has 1 aromatic heterocycles. The average Bonchev–Trinajstić information content (AvgIpc) is 2.30. The lowest BCUT2D eigenvalue weighted by atomic mass is 9.70. The van der Waals surface area contributed by atoms with Gasteiger partial charge < -0.3 is 5.11 Å². The van der Waals surface area contributed by atoms with Gasteiger partial charge in [-0.25, -0.2) is 0 Å². The number of aromatic nitrogens is 1. The summed E-state index contributed by atoms with van der Waals surface area (Å²) < 4.78 is 0. The summed E-state index contributed by atoms with van der Waals surface area (Å²) in [7, 11) is 0. The summed E-state index contributed by atoms with van der Waals surface area (Å²) in [6, 6.07) is 3.82. The van der Waals surface area contributed by atoms with E-state index in [1.54, 1.807) is 6.20 Å². The number of hydrogen-bond donors (Lipinski definition) is 1. The highest BCUT2D eigenvalue weighted by Gasteiger charge is 2.41. The molecule has 2 rings (SSSR count). The van der Waals surface area contributed by atoms with E-state index in [0.29, 0.717) is 0 Å². The van der Waals surface area contributed by atoms with Crippen LogP contribution in [0.15, 0.2) is 18.3 Å². The fourth-order valence-corrected chi connectivity index (χ4v) is 2.53. The maximum atomic E-state index is 11.5. The van der Waals surface area contributed by atoms with Crippen LogP contribution < -0.4 is 0 Å². The van der Waals surface area contributed by atoms with Gasteiger partial charge >= 0.3 is 5.97 Å². The van der Waals surface area contributed by atoms with Gasteiger partial charge in [-0.3, -0.25) is 9.78 Å². The first-order valence-electron chi connectivity index (χ1n) is 5.82. The van der Waals surface area contributed by atoms with Crippen LogP contribution in [0.25, 0.3) is 0 Å². The Morgan fingerprint density at radius 1 is 1.31 bits per heavy atom. The van der Waals surface area contributed by atoms with Crippen molar-refractivity contribution in [2.24, 2.45) is 0 Å². The maximum Gasteiger partial charge on any atom is 0.314 e. The quantitative estimate of drug-likeness (QED) is 0.832. The number of carbonyl (C=O) groups is 1. The van der Waals surface area contributed by atoms with E-state index in [2.05, 4.69) is 4.98 Å². The minimum atomic E-state index is -0.696. The molecule has 0 spiro atoms. The van der Waals surface area contributed by atoms with Crippen LogP contribution >= 0.6 is 0 Å². The molecule has 1 saturated carbocycles. The van der Waals surface area contributed by atoms with Gasteiger partial charge in [0.1, 0.15) is 0 Å². The Labute approximate surface area is 95.5 Å². The molecule has 0 aliphatic heterocycles. The molecule has 1 aliphatic rings. The fraction of sp³-hybridized carbons (Fsp3) is 0.538. The summed E-state index contributed by atoms with van der Waals surface area (Å²) in [4.78, 5) is 15.8. The van der Waals surface area contributed by atoms with Crippen molar-refractivity contribution in [3.05, 3.63) is 29.6 Å². The molecule has 0 bridgehead atoms. The van der Waals surface area contributed by atoms with Gasteiger partial charge in [-0.05, 0) is 31.4 Å². The maximum absolute atomic E-state index is 11.5. The van der Waals surface area contributed by atoms with Crippen molar-refractivity contribution in [1.29, 1.82) is 0 Å². The lowest BCUT2D eigenvalue weighted by Crippen LogP contribution is -2.37. The van der Waals surface area contributed by atoms with E-state index in [1.807, 2.05) is 19.1 Å². The van der Waals surface area contributed by atoms with Crippen molar-refractivity contribution in [2.45, 2.75) is 44.4 Å². The standard InChI is InChI=1S/C13H17NO2/c1-10-5-6-11(9-14-10)13(12(15)16)7-3-2-4-8-13/h5-6,9H,2-4,7-8H2,1H3,(H,15,16). The van der Waals surface area contributed by atoms with Gasteiger partial charge in [-0.15, -0.1) is 0 Å². The van der Waals surface area contributed by atoms with Crippen molar-refractivity contribution in [3.63, 3.8) is 0 Å². The largest absolute Gasteiger partial charge is 0.481 e. The number of carboxylic acid groups (broad SMARTS) is 1. The molecule has 16 heavy (non-hydrogen) atoms. The van der Waals surface area contributed by atoms with Crippen LogP contribution in [0.4, 0.5) is 0 Å². The molecular formula is C13H17NO2. The van der Waals surface area contributed by atoms with Gasteiger partial charge in [0.15, 0.2) is 0 Å². The van der Waals surface area contributed by atoms with Crippen LogP contribution in [0.3, 0.4) is 0 Å². The molecule has 1 aromatic rings. The molecule has 0 atom stereocenters. The summed E-state index contributed by atoms with van der Waals surface area (Å²) in [6.45, 7) is 1.91. The SMILES string of the molecule is Cc1ccc(C2(C(=O)O)CCCCC2)cn1. The topological polar surface area (TPSA) is 50.2 Å². The van der Waals surface area contributed by atoms with Crippen molar-refractivity contribution in [3.8, 4) is 0 Å². The van der Waals surface area contributed by atoms with Crippen molar-refractivity contribution in [1.82, 2.24) is 4.98 Å². The number of rotatable bonds is 2. The van der Waals surface area contributed by atoms with E-state index in [9.17, 15) is 9.90 Å².